The topological polar surface area (TPSA) is 99.0 Å². The molecule has 3 aliphatic rings. The molecule has 2 heterocycles. The summed E-state index contributed by atoms with van der Waals surface area (Å²) < 4.78 is 35.2. The van der Waals surface area contributed by atoms with Crippen LogP contribution in [0, 0.1) is 17.8 Å². The number of likely N-dealkylation sites (tertiary alicyclic amines) is 1. The molecule has 1 aromatic heterocycles. The zero-order chi connectivity index (χ0) is 23.0. The maximum atomic E-state index is 12.6. The van der Waals surface area contributed by atoms with Crippen molar-refractivity contribution in [1.82, 2.24) is 9.88 Å². The molecule has 176 valence electrons. The number of methoxy groups -OCH3 is 1. The van der Waals surface area contributed by atoms with E-state index in [1.807, 2.05) is 19.9 Å². The van der Waals surface area contributed by atoms with Gasteiger partial charge >= 0.3 is 6.61 Å². The summed E-state index contributed by atoms with van der Waals surface area (Å²) in [6.07, 6.45) is 7.15. The molecule has 2 aliphatic carbocycles. The number of fused-ring (bicyclic) bond motifs is 1. The fourth-order valence-electron chi connectivity index (χ4n) is 5.39. The molecule has 3 atom stereocenters. The van der Waals surface area contributed by atoms with Gasteiger partial charge in [0.2, 0.25) is 0 Å². The number of nitrogens with two attached hydrogens (primary N) is 2. The van der Waals surface area contributed by atoms with Crippen LogP contribution in [0.5, 0.6) is 5.75 Å². The maximum absolute atomic E-state index is 12.6. The first kappa shape index (κ1) is 22.9. The third-order valence-corrected chi connectivity index (χ3v) is 6.93. The van der Waals surface area contributed by atoms with Gasteiger partial charge in [0.25, 0.3) is 0 Å². The van der Waals surface area contributed by atoms with Crippen molar-refractivity contribution in [2.24, 2.45) is 28.5 Å². The lowest BCUT2D eigenvalue weighted by atomic mass is 10.0. The van der Waals surface area contributed by atoms with Crippen LogP contribution in [0.15, 0.2) is 23.3 Å². The van der Waals surface area contributed by atoms with E-state index in [1.165, 1.54) is 25.1 Å². The molecule has 1 aromatic rings. The van der Waals surface area contributed by atoms with Gasteiger partial charge in [-0.2, -0.15) is 8.78 Å². The Morgan fingerprint density at radius 3 is 2.62 bits per heavy atom. The van der Waals surface area contributed by atoms with Crippen LogP contribution in [0.25, 0.3) is 5.70 Å². The Bertz CT molecular complexity index is 879. The van der Waals surface area contributed by atoms with Gasteiger partial charge in [-0.05, 0) is 57.1 Å². The number of halogens is 2. The lowest BCUT2D eigenvalue weighted by Gasteiger charge is -2.26. The number of alkyl halides is 2. The molecule has 9 heteroatoms. The Hall–Kier alpha value is -2.26. The first-order valence-electron chi connectivity index (χ1n) is 11.3. The Morgan fingerprint density at radius 1 is 1.31 bits per heavy atom. The molecule has 1 saturated heterocycles. The number of nitrogen functional groups attached to an aromatic ring is 1. The van der Waals surface area contributed by atoms with E-state index in [2.05, 4.69) is 14.6 Å². The van der Waals surface area contributed by atoms with E-state index in [-0.39, 0.29) is 17.6 Å². The van der Waals surface area contributed by atoms with Crippen molar-refractivity contribution in [1.29, 1.82) is 0 Å². The van der Waals surface area contributed by atoms with Gasteiger partial charge in [0.15, 0.2) is 11.6 Å². The zero-order valence-corrected chi connectivity index (χ0v) is 18.9. The number of ether oxygens (including phenoxy) is 2. The highest BCUT2D eigenvalue weighted by Gasteiger charge is 2.58. The molecule has 2 saturated carbocycles. The van der Waals surface area contributed by atoms with Gasteiger partial charge in [0.05, 0.1) is 6.10 Å². The SMILES string of the molecule is COC1CCN(C2CC3C(C2)C3C(C=C(N)c2cnc(N)c(OC(F)F)c2)=NC(C)C)C1. The number of aliphatic imine (C=N–C) groups is 1. The minimum absolute atomic E-state index is 0.0988. The Labute approximate surface area is 187 Å². The molecule has 0 amide bonds. The fourth-order valence-corrected chi connectivity index (χ4v) is 5.39. The van der Waals surface area contributed by atoms with E-state index in [4.69, 9.17) is 21.2 Å². The first-order valence-corrected chi connectivity index (χ1v) is 11.3. The van der Waals surface area contributed by atoms with Crippen LogP contribution >= 0.6 is 0 Å². The van der Waals surface area contributed by atoms with Gasteiger partial charge in [-0.1, -0.05) is 0 Å². The van der Waals surface area contributed by atoms with Crippen molar-refractivity contribution in [3.63, 3.8) is 0 Å². The van der Waals surface area contributed by atoms with Crippen molar-refractivity contribution in [2.45, 2.75) is 57.9 Å². The van der Waals surface area contributed by atoms with Gasteiger partial charge < -0.3 is 20.9 Å². The van der Waals surface area contributed by atoms with Crippen LogP contribution in [0.1, 0.15) is 38.7 Å². The minimum atomic E-state index is -2.98. The highest BCUT2D eigenvalue weighted by Crippen LogP contribution is 2.59. The number of rotatable bonds is 8. The summed E-state index contributed by atoms with van der Waals surface area (Å²) in [4.78, 5) is 11.4. The molecule has 3 fully saturated rings. The van der Waals surface area contributed by atoms with Gasteiger partial charge in [-0.3, -0.25) is 9.89 Å². The molecule has 0 aromatic carbocycles. The highest BCUT2D eigenvalue weighted by molar-refractivity contribution is 6.04. The largest absolute Gasteiger partial charge is 0.431 e. The molecule has 0 spiro atoms. The number of nitrogens with zero attached hydrogens (tertiary/aromatic N) is 3. The third kappa shape index (κ3) is 4.88. The second-order valence-electron chi connectivity index (χ2n) is 9.35. The van der Waals surface area contributed by atoms with E-state index in [0.717, 1.165) is 25.2 Å². The molecule has 0 bridgehead atoms. The quantitative estimate of drug-likeness (QED) is 0.592. The smallest absolute Gasteiger partial charge is 0.387 e. The third-order valence-electron chi connectivity index (χ3n) is 6.93. The summed E-state index contributed by atoms with van der Waals surface area (Å²) in [5.41, 5.74) is 13.9. The Balaban J connectivity index is 1.46. The maximum Gasteiger partial charge on any atom is 0.387 e. The number of aromatic nitrogens is 1. The summed E-state index contributed by atoms with van der Waals surface area (Å²) >= 11 is 0. The molecule has 32 heavy (non-hydrogen) atoms. The standard InChI is InChI=1S/C23H33F2N5O2/c1-12(2)29-19(9-18(26)13-6-20(32-23(24)25)22(27)28-10-13)21-16-7-14(8-17(16)21)30-5-4-15(11-30)31-3/h6,9-10,12,14-17,21,23H,4-5,7-8,11,26H2,1-3H3,(H2,27,28). The summed E-state index contributed by atoms with van der Waals surface area (Å²) in [6.45, 7) is 3.24. The van der Waals surface area contributed by atoms with E-state index in [1.54, 1.807) is 7.11 Å². The lowest BCUT2D eigenvalue weighted by Crippen LogP contribution is -2.34. The van der Waals surface area contributed by atoms with Crippen LogP contribution in [-0.2, 0) is 4.74 Å². The predicted molar refractivity (Wildman–Crippen MR) is 120 cm³/mol. The average Bonchev–Trinajstić information content (AvgIpc) is 3.09. The second-order valence-corrected chi connectivity index (χ2v) is 9.35. The van der Waals surface area contributed by atoms with Gasteiger partial charge in [0, 0.05) is 61.4 Å². The average molecular weight is 450 g/mol. The van der Waals surface area contributed by atoms with E-state index >= 15 is 0 Å². The summed E-state index contributed by atoms with van der Waals surface area (Å²) in [5.74, 6) is 1.35. The van der Waals surface area contributed by atoms with Crippen LogP contribution in [0.4, 0.5) is 14.6 Å². The van der Waals surface area contributed by atoms with Gasteiger partial charge in [-0.15, -0.1) is 0 Å². The van der Waals surface area contributed by atoms with E-state index in [9.17, 15) is 8.78 Å². The molecule has 4 rings (SSSR count). The normalized spacial score (nSPS) is 30.9. The number of hydrogen-bond acceptors (Lipinski definition) is 7. The molecular weight excluding hydrogens is 416 g/mol. The monoisotopic (exact) mass is 449 g/mol. The Morgan fingerprint density at radius 2 is 2.03 bits per heavy atom. The van der Waals surface area contributed by atoms with Crippen molar-refractivity contribution in [2.75, 3.05) is 25.9 Å². The molecular formula is C23H33F2N5O2. The summed E-state index contributed by atoms with van der Waals surface area (Å²) in [5, 5.41) is 0. The van der Waals surface area contributed by atoms with Crippen LogP contribution < -0.4 is 16.2 Å². The van der Waals surface area contributed by atoms with Crippen LogP contribution in [-0.4, -0.2) is 60.6 Å². The zero-order valence-electron chi connectivity index (χ0n) is 18.9. The second kappa shape index (κ2) is 9.31. The summed E-state index contributed by atoms with van der Waals surface area (Å²) in [7, 11) is 1.79. The number of hydrogen-bond donors (Lipinski definition) is 2. The van der Waals surface area contributed by atoms with Crippen molar-refractivity contribution >= 4 is 17.2 Å². The molecule has 3 unspecified atom stereocenters. The minimum Gasteiger partial charge on any atom is -0.431 e. The van der Waals surface area contributed by atoms with Crippen molar-refractivity contribution in [3.8, 4) is 5.75 Å². The van der Waals surface area contributed by atoms with Crippen LogP contribution in [0.3, 0.4) is 0 Å². The highest BCUT2D eigenvalue weighted by atomic mass is 19.3. The van der Waals surface area contributed by atoms with E-state index < -0.39 is 6.61 Å². The predicted octanol–water partition coefficient (Wildman–Crippen LogP) is 3.16. The number of allylic oxidation sites excluding steroid dienone is 1. The molecule has 1 aliphatic heterocycles. The number of anilines is 1. The fraction of sp³-hybridized carbons (Fsp3) is 0.652. The molecule has 7 nitrogen and oxygen atoms in total. The lowest BCUT2D eigenvalue weighted by molar-refractivity contribution is -0.0495. The Kier molecular flexibility index (Phi) is 6.67. The van der Waals surface area contributed by atoms with Crippen molar-refractivity contribution in [3.05, 3.63) is 23.9 Å². The number of pyridine rings is 1. The first-order chi connectivity index (χ1) is 15.3. The molecule has 0 radical (unpaired) electrons. The molecule has 4 N–H and O–H groups in total. The summed E-state index contributed by atoms with van der Waals surface area (Å²) in [6, 6.07) is 2.16. The van der Waals surface area contributed by atoms with Crippen molar-refractivity contribution < 1.29 is 18.3 Å². The van der Waals surface area contributed by atoms with Crippen LogP contribution in [0.2, 0.25) is 0 Å². The van der Waals surface area contributed by atoms with E-state index in [0.29, 0.717) is 41.2 Å². The van der Waals surface area contributed by atoms with Gasteiger partial charge in [-0.25, -0.2) is 4.98 Å². The van der Waals surface area contributed by atoms with Gasteiger partial charge in [0.1, 0.15) is 0 Å².